The first-order valence-electron chi connectivity index (χ1n) is 8.78. The quantitative estimate of drug-likeness (QED) is 0.635. The molecule has 1 saturated heterocycles. The van der Waals surface area contributed by atoms with E-state index in [4.69, 9.17) is 25.8 Å². The Morgan fingerprint density at radius 3 is 2.78 bits per heavy atom. The highest BCUT2D eigenvalue weighted by molar-refractivity contribution is 9.10. The summed E-state index contributed by atoms with van der Waals surface area (Å²) in [6, 6.07) is 12.4. The third-order valence-electron chi connectivity index (χ3n) is 4.15. The van der Waals surface area contributed by atoms with E-state index in [1.54, 1.807) is 37.3 Å². The standard InChI is InChI=1S/C20H21BrClNO4/c1-13(27-19-9-4-14(22)11-18(19)21)20(24)23-15-5-7-16(8-6-15)26-12-17-3-2-10-25-17/h4-9,11,13,17H,2-3,10,12H2,1H3,(H,23,24)/t13-,17-/m1/s1. The fourth-order valence-electron chi connectivity index (χ4n) is 2.66. The van der Waals surface area contributed by atoms with E-state index in [0.717, 1.165) is 25.2 Å². The summed E-state index contributed by atoms with van der Waals surface area (Å²) in [4.78, 5) is 12.4. The van der Waals surface area contributed by atoms with E-state index in [1.165, 1.54) is 0 Å². The minimum atomic E-state index is -0.669. The second kappa shape index (κ2) is 9.44. The monoisotopic (exact) mass is 453 g/mol. The van der Waals surface area contributed by atoms with Crippen molar-refractivity contribution in [1.82, 2.24) is 0 Å². The number of halogens is 2. The number of carbonyl (C=O) groups is 1. The highest BCUT2D eigenvalue weighted by atomic mass is 79.9. The zero-order valence-electron chi connectivity index (χ0n) is 14.9. The molecule has 1 aliphatic heterocycles. The highest BCUT2D eigenvalue weighted by Gasteiger charge is 2.17. The SMILES string of the molecule is C[C@@H](Oc1ccc(Cl)cc1Br)C(=O)Nc1ccc(OC[C@H]2CCCO2)cc1. The van der Waals surface area contributed by atoms with Crippen LogP contribution in [0.1, 0.15) is 19.8 Å². The van der Waals surface area contributed by atoms with Gasteiger partial charge in [-0.15, -0.1) is 0 Å². The highest BCUT2D eigenvalue weighted by Crippen LogP contribution is 2.29. The van der Waals surface area contributed by atoms with E-state index >= 15 is 0 Å². The van der Waals surface area contributed by atoms with Crippen LogP contribution < -0.4 is 14.8 Å². The molecule has 2 atom stereocenters. The number of nitrogens with one attached hydrogen (secondary N) is 1. The van der Waals surface area contributed by atoms with Gasteiger partial charge in [-0.25, -0.2) is 0 Å². The van der Waals surface area contributed by atoms with E-state index in [-0.39, 0.29) is 12.0 Å². The molecule has 0 aromatic heterocycles. The van der Waals surface area contributed by atoms with Crippen molar-refractivity contribution < 1.29 is 19.0 Å². The molecule has 27 heavy (non-hydrogen) atoms. The summed E-state index contributed by atoms with van der Waals surface area (Å²) < 4.78 is 17.6. The molecular weight excluding hydrogens is 434 g/mol. The Kier molecular flexibility index (Phi) is 6.99. The summed E-state index contributed by atoms with van der Waals surface area (Å²) in [5.74, 6) is 1.06. The topological polar surface area (TPSA) is 56.8 Å². The first kappa shape index (κ1) is 20.0. The van der Waals surface area contributed by atoms with Crippen LogP contribution in [0.25, 0.3) is 0 Å². The number of hydrogen-bond acceptors (Lipinski definition) is 4. The third kappa shape index (κ3) is 5.86. The molecule has 0 radical (unpaired) electrons. The van der Waals surface area contributed by atoms with Crippen LogP contribution in [0.15, 0.2) is 46.9 Å². The van der Waals surface area contributed by atoms with E-state index in [1.807, 2.05) is 12.1 Å². The maximum Gasteiger partial charge on any atom is 0.265 e. The molecule has 0 spiro atoms. The Labute approximate surface area is 172 Å². The molecule has 2 aromatic rings. The lowest BCUT2D eigenvalue weighted by Gasteiger charge is -2.16. The van der Waals surface area contributed by atoms with Crippen molar-refractivity contribution in [3.8, 4) is 11.5 Å². The van der Waals surface area contributed by atoms with Gasteiger partial charge in [0.25, 0.3) is 5.91 Å². The maximum atomic E-state index is 12.4. The zero-order valence-corrected chi connectivity index (χ0v) is 17.3. The Morgan fingerprint density at radius 1 is 1.33 bits per heavy atom. The average Bonchev–Trinajstić information content (AvgIpc) is 3.17. The molecule has 0 saturated carbocycles. The lowest BCUT2D eigenvalue weighted by atomic mass is 10.2. The normalized spacial score (nSPS) is 17.4. The Hall–Kier alpha value is -1.76. The lowest BCUT2D eigenvalue weighted by molar-refractivity contribution is -0.122. The van der Waals surface area contributed by atoms with Crippen LogP contribution in [0, 0.1) is 0 Å². The first-order valence-corrected chi connectivity index (χ1v) is 9.95. The van der Waals surface area contributed by atoms with Gasteiger partial charge in [0.1, 0.15) is 18.1 Å². The predicted octanol–water partition coefficient (Wildman–Crippen LogP) is 5.07. The van der Waals surface area contributed by atoms with Crippen molar-refractivity contribution in [3.63, 3.8) is 0 Å². The molecule has 1 heterocycles. The minimum Gasteiger partial charge on any atom is -0.491 e. The van der Waals surface area contributed by atoms with Gasteiger partial charge in [0, 0.05) is 17.3 Å². The van der Waals surface area contributed by atoms with Crippen molar-refractivity contribution in [2.24, 2.45) is 0 Å². The van der Waals surface area contributed by atoms with Gasteiger partial charge in [-0.05, 0) is 78.2 Å². The van der Waals surface area contributed by atoms with E-state index in [2.05, 4.69) is 21.2 Å². The fraction of sp³-hybridized carbons (Fsp3) is 0.350. The molecule has 5 nitrogen and oxygen atoms in total. The van der Waals surface area contributed by atoms with E-state index in [9.17, 15) is 4.79 Å². The summed E-state index contributed by atoms with van der Waals surface area (Å²) in [5, 5.41) is 3.42. The summed E-state index contributed by atoms with van der Waals surface area (Å²) in [6.07, 6.45) is 1.63. The second-order valence-electron chi connectivity index (χ2n) is 6.29. The second-order valence-corrected chi connectivity index (χ2v) is 7.59. The Morgan fingerprint density at radius 2 is 2.11 bits per heavy atom. The summed E-state index contributed by atoms with van der Waals surface area (Å²) in [5.41, 5.74) is 0.676. The van der Waals surface area contributed by atoms with Gasteiger partial charge in [-0.1, -0.05) is 11.6 Å². The molecule has 0 bridgehead atoms. The third-order valence-corrected chi connectivity index (χ3v) is 5.00. The van der Waals surface area contributed by atoms with Crippen LogP contribution in [-0.2, 0) is 9.53 Å². The summed E-state index contributed by atoms with van der Waals surface area (Å²) in [6.45, 7) is 3.05. The average molecular weight is 455 g/mol. The predicted molar refractivity (Wildman–Crippen MR) is 109 cm³/mol. The zero-order chi connectivity index (χ0) is 19.2. The number of ether oxygens (including phenoxy) is 3. The number of hydrogen-bond donors (Lipinski definition) is 1. The molecule has 1 amide bonds. The molecule has 0 unspecified atom stereocenters. The molecule has 1 N–H and O–H groups in total. The molecule has 1 fully saturated rings. The summed E-state index contributed by atoms with van der Waals surface area (Å²) >= 11 is 9.29. The van der Waals surface area contributed by atoms with E-state index in [0.29, 0.717) is 27.5 Å². The molecule has 2 aromatic carbocycles. The summed E-state index contributed by atoms with van der Waals surface area (Å²) in [7, 11) is 0. The lowest BCUT2D eigenvalue weighted by Crippen LogP contribution is -2.30. The Bertz CT molecular complexity index is 778. The van der Waals surface area contributed by atoms with Gasteiger partial charge < -0.3 is 19.5 Å². The van der Waals surface area contributed by atoms with E-state index < -0.39 is 6.10 Å². The molecule has 3 rings (SSSR count). The van der Waals surface area contributed by atoms with Crippen molar-refractivity contribution in [2.45, 2.75) is 32.0 Å². The largest absolute Gasteiger partial charge is 0.491 e. The van der Waals surface area contributed by atoms with Gasteiger partial charge in [-0.3, -0.25) is 4.79 Å². The number of amides is 1. The van der Waals surface area contributed by atoms with Gasteiger partial charge in [0.15, 0.2) is 6.10 Å². The maximum absolute atomic E-state index is 12.4. The van der Waals surface area contributed by atoms with Crippen molar-refractivity contribution >= 4 is 39.1 Å². The number of rotatable bonds is 7. The fourth-order valence-corrected chi connectivity index (χ4v) is 3.43. The van der Waals surface area contributed by atoms with Crippen LogP contribution >= 0.6 is 27.5 Å². The number of carbonyl (C=O) groups excluding carboxylic acids is 1. The van der Waals surface area contributed by atoms with Gasteiger partial charge >= 0.3 is 0 Å². The van der Waals surface area contributed by atoms with Crippen molar-refractivity contribution in [1.29, 1.82) is 0 Å². The Balaban J connectivity index is 1.50. The smallest absolute Gasteiger partial charge is 0.265 e. The molecule has 0 aliphatic carbocycles. The van der Waals surface area contributed by atoms with Crippen LogP contribution in [0.3, 0.4) is 0 Å². The molecule has 144 valence electrons. The van der Waals surface area contributed by atoms with Gasteiger partial charge in [0.05, 0.1) is 10.6 Å². The van der Waals surface area contributed by atoms with Gasteiger partial charge in [0.2, 0.25) is 0 Å². The van der Waals surface area contributed by atoms with Crippen LogP contribution in [0.5, 0.6) is 11.5 Å². The first-order chi connectivity index (χ1) is 13.0. The molecule has 1 aliphatic rings. The van der Waals surface area contributed by atoms with Crippen LogP contribution in [0.4, 0.5) is 5.69 Å². The molecular formula is C20H21BrClNO4. The van der Waals surface area contributed by atoms with Crippen molar-refractivity contribution in [3.05, 3.63) is 52.0 Å². The number of anilines is 1. The van der Waals surface area contributed by atoms with Crippen LogP contribution in [-0.4, -0.2) is 31.3 Å². The number of benzene rings is 2. The van der Waals surface area contributed by atoms with Crippen LogP contribution in [0.2, 0.25) is 5.02 Å². The van der Waals surface area contributed by atoms with Crippen molar-refractivity contribution in [2.75, 3.05) is 18.5 Å². The van der Waals surface area contributed by atoms with Gasteiger partial charge in [-0.2, -0.15) is 0 Å². The minimum absolute atomic E-state index is 0.176. The molecule has 7 heteroatoms.